The van der Waals surface area contributed by atoms with Gasteiger partial charge in [-0.05, 0) is 45.9 Å². The van der Waals surface area contributed by atoms with Crippen molar-refractivity contribution in [3.05, 3.63) is 58.7 Å². The standard InChI is InChI=1S/C22H19F2N7O/c1-10-14(24)8-12-17(19-26-11(2)16-18(28-19)29-21(32)22(16,3)4)30-31(20(12)27-10)9-15-13(23)6-5-7-25-15/h5-8H,9H2,1-4H3,(H,26,28,29,32). The van der Waals surface area contributed by atoms with Crippen molar-refractivity contribution >= 4 is 22.8 Å². The molecule has 1 N–H and O–H groups in total. The average Bonchev–Trinajstić information content (AvgIpc) is 3.18. The highest BCUT2D eigenvalue weighted by molar-refractivity contribution is 6.05. The molecule has 0 bridgehead atoms. The molecule has 1 amide bonds. The number of carbonyl (C=O) groups is 1. The van der Waals surface area contributed by atoms with E-state index in [9.17, 15) is 13.6 Å². The first-order chi connectivity index (χ1) is 15.2. The SMILES string of the molecule is Cc1nc2c(cc1F)c(-c1nc(C)c3c(n1)NC(=O)C3(C)C)nn2Cc1ncccc1F. The lowest BCUT2D eigenvalue weighted by molar-refractivity contribution is -0.119. The Balaban J connectivity index is 1.71. The predicted molar refractivity (Wildman–Crippen MR) is 113 cm³/mol. The maximum Gasteiger partial charge on any atom is 0.235 e. The van der Waals surface area contributed by atoms with Gasteiger partial charge in [-0.25, -0.2) is 28.4 Å². The number of halogens is 2. The number of carbonyl (C=O) groups excluding carboxylic acids is 1. The van der Waals surface area contributed by atoms with E-state index in [1.54, 1.807) is 27.7 Å². The van der Waals surface area contributed by atoms with E-state index in [-0.39, 0.29) is 35.4 Å². The lowest BCUT2D eigenvalue weighted by Crippen LogP contribution is -2.27. The monoisotopic (exact) mass is 435 g/mol. The third-order valence-electron chi connectivity index (χ3n) is 5.71. The zero-order valence-corrected chi connectivity index (χ0v) is 17.9. The van der Waals surface area contributed by atoms with Crippen LogP contribution in [0, 0.1) is 25.5 Å². The summed E-state index contributed by atoms with van der Waals surface area (Å²) in [6, 6.07) is 4.13. The molecule has 4 aromatic rings. The Morgan fingerprint density at radius 3 is 2.62 bits per heavy atom. The first kappa shape index (κ1) is 20.1. The summed E-state index contributed by atoms with van der Waals surface area (Å²) in [4.78, 5) is 29.9. The summed E-state index contributed by atoms with van der Waals surface area (Å²) in [5.74, 6) is -0.539. The van der Waals surface area contributed by atoms with Crippen LogP contribution in [0.2, 0.25) is 0 Å². The van der Waals surface area contributed by atoms with Gasteiger partial charge in [-0.1, -0.05) is 0 Å². The van der Waals surface area contributed by atoms with Gasteiger partial charge in [0.05, 0.1) is 28.7 Å². The van der Waals surface area contributed by atoms with Crippen molar-refractivity contribution in [2.75, 3.05) is 5.32 Å². The number of nitrogens with zero attached hydrogens (tertiary/aromatic N) is 6. The molecule has 32 heavy (non-hydrogen) atoms. The van der Waals surface area contributed by atoms with E-state index < -0.39 is 17.0 Å². The van der Waals surface area contributed by atoms with E-state index >= 15 is 0 Å². The highest BCUT2D eigenvalue weighted by atomic mass is 19.1. The number of amides is 1. The lowest BCUT2D eigenvalue weighted by Gasteiger charge is -2.16. The predicted octanol–water partition coefficient (Wildman–Crippen LogP) is 3.46. The highest BCUT2D eigenvalue weighted by Gasteiger charge is 2.41. The number of pyridine rings is 2. The van der Waals surface area contributed by atoms with Gasteiger partial charge in [-0.3, -0.25) is 9.78 Å². The molecule has 1 aliphatic rings. The second-order valence-corrected chi connectivity index (χ2v) is 8.30. The number of rotatable bonds is 3. The van der Waals surface area contributed by atoms with Crippen LogP contribution in [-0.4, -0.2) is 35.6 Å². The van der Waals surface area contributed by atoms with Crippen LogP contribution in [-0.2, 0) is 16.8 Å². The molecule has 5 heterocycles. The quantitative estimate of drug-likeness (QED) is 0.529. The van der Waals surface area contributed by atoms with Crippen molar-refractivity contribution in [2.24, 2.45) is 0 Å². The fraction of sp³-hybridized carbons (Fsp3) is 0.273. The number of fused-ring (bicyclic) bond motifs is 2. The molecule has 0 fully saturated rings. The maximum absolute atomic E-state index is 14.4. The van der Waals surface area contributed by atoms with E-state index in [0.29, 0.717) is 28.1 Å². The number of aromatic nitrogens is 6. The maximum atomic E-state index is 14.4. The summed E-state index contributed by atoms with van der Waals surface area (Å²) in [5.41, 5.74) is 1.57. The zero-order valence-electron chi connectivity index (χ0n) is 17.9. The Kier molecular flexibility index (Phi) is 4.30. The molecule has 0 aliphatic carbocycles. The van der Waals surface area contributed by atoms with E-state index in [1.165, 1.54) is 29.1 Å². The van der Waals surface area contributed by atoms with E-state index in [4.69, 9.17) is 0 Å². The minimum Gasteiger partial charge on any atom is -0.310 e. The van der Waals surface area contributed by atoms with Gasteiger partial charge in [0.1, 0.15) is 23.1 Å². The molecule has 10 heteroatoms. The van der Waals surface area contributed by atoms with Crippen molar-refractivity contribution in [1.82, 2.24) is 29.7 Å². The normalized spacial score (nSPS) is 14.6. The van der Waals surface area contributed by atoms with Crippen LogP contribution < -0.4 is 5.32 Å². The Morgan fingerprint density at radius 2 is 1.88 bits per heavy atom. The van der Waals surface area contributed by atoms with Crippen LogP contribution in [0.3, 0.4) is 0 Å². The number of aryl methyl sites for hydroxylation is 2. The molecule has 0 atom stereocenters. The Bertz CT molecular complexity index is 1430. The number of hydrogen-bond acceptors (Lipinski definition) is 6. The molecular formula is C22H19F2N7O. The average molecular weight is 435 g/mol. The summed E-state index contributed by atoms with van der Waals surface area (Å²) >= 11 is 0. The van der Waals surface area contributed by atoms with E-state index in [1.807, 2.05) is 0 Å². The second-order valence-electron chi connectivity index (χ2n) is 8.30. The minimum absolute atomic E-state index is 0.00502. The Labute approximate surface area is 181 Å². The third-order valence-corrected chi connectivity index (χ3v) is 5.71. The summed E-state index contributed by atoms with van der Waals surface area (Å²) in [6.07, 6.45) is 1.49. The molecule has 0 radical (unpaired) electrons. The van der Waals surface area contributed by atoms with Crippen molar-refractivity contribution in [1.29, 1.82) is 0 Å². The van der Waals surface area contributed by atoms with Gasteiger partial charge in [0.15, 0.2) is 11.5 Å². The molecule has 0 saturated heterocycles. The van der Waals surface area contributed by atoms with Crippen LogP contribution >= 0.6 is 0 Å². The fourth-order valence-corrected chi connectivity index (χ4v) is 4.01. The van der Waals surface area contributed by atoms with Crippen molar-refractivity contribution in [3.8, 4) is 11.5 Å². The molecule has 5 rings (SSSR count). The molecular weight excluding hydrogens is 416 g/mol. The number of nitrogens with one attached hydrogen (secondary N) is 1. The molecule has 162 valence electrons. The van der Waals surface area contributed by atoms with Crippen LogP contribution in [0.4, 0.5) is 14.6 Å². The van der Waals surface area contributed by atoms with Crippen molar-refractivity contribution in [2.45, 2.75) is 39.7 Å². The summed E-state index contributed by atoms with van der Waals surface area (Å²) in [7, 11) is 0. The van der Waals surface area contributed by atoms with Crippen LogP contribution in [0.5, 0.6) is 0 Å². The van der Waals surface area contributed by atoms with Gasteiger partial charge < -0.3 is 5.32 Å². The summed E-state index contributed by atoms with van der Waals surface area (Å²) in [5, 5.41) is 7.71. The van der Waals surface area contributed by atoms with Gasteiger partial charge in [-0.15, -0.1) is 0 Å². The number of hydrogen-bond donors (Lipinski definition) is 1. The van der Waals surface area contributed by atoms with Crippen molar-refractivity contribution < 1.29 is 13.6 Å². The van der Waals surface area contributed by atoms with Gasteiger partial charge in [0.2, 0.25) is 5.91 Å². The first-order valence-corrected chi connectivity index (χ1v) is 10.0. The smallest absolute Gasteiger partial charge is 0.235 e. The molecule has 0 unspecified atom stereocenters. The molecule has 8 nitrogen and oxygen atoms in total. The van der Waals surface area contributed by atoms with Gasteiger partial charge in [0, 0.05) is 17.5 Å². The molecule has 1 aliphatic heterocycles. The Morgan fingerprint density at radius 1 is 1.09 bits per heavy atom. The Hall–Kier alpha value is -3.82. The fourth-order valence-electron chi connectivity index (χ4n) is 4.01. The van der Waals surface area contributed by atoms with Crippen LogP contribution in [0.25, 0.3) is 22.6 Å². The van der Waals surface area contributed by atoms with Gasteiger partial charge >= 0.3 is 0 Å². The van der Waals surface area contributed by atoms with Crippen LogP contribution in [0.1, 0.15) is 36.5 Å². The second kappa shape index (κ2) is 6.84. The van der Waals surface area contributed by atoms with Gasteiger partial charge in [-0.2, -0.15) is 5.10 Å². The molecule has 0 saturated carbocycles. The molecule has 4 aromatic heterocycles. The number of anilines is 1. The van der Waals surface area contributed by atoms with E-state index in [0.717, 1.165) is 0 Å². The lowest BCUT2D eigenvalue weighted by atomic mass is 9.86. The van der Waals surface area contributed by atoms with Gasteiger partial charge in [0.25, 0.3) is 0 Å². The largest absolute Gasteiger partial charge is 0.310 e. The first-order valence-electron chi connectivity index (χ1n) is 10.0. The summed E-state index contributed by atoms with van der Waals surface area (Å²) < 4.78 is 30.1. The molecule has 0 aromatic carbocycles. The topological polar surface area (TPSA) is 98.5 Å². The zero-order chi connectivity index (χ0) is 22.8. The summed E-state index contributed by atoms with van der Waals surface area (Å²) in [6.45, 7) is 6.93. The van der Waals surface area contributed by atoms with E-state index in [2.05, 4.69) is 30.4 Å². The van der Waals surface area contributed by atoms with Crippen molar-refractivity contribution in [3.63, 3.8) is 0 Å². The van der Waals surface area contributed by atoms with Crippen LogP contribution in [0.15, 0.2) is 24.4 Å². The third kappa shape index (κ3) is 2.94. The molecule has 0 spiro atoms. The minimum atomic E-state index is -0.763. The highest BCUT2D eigenvalue weighted by Crippen LogP contribution is 2.39.